The molecule has 0 aromatic rings. The number of aliphatic hydroxyl groups excluding tert-OH is 7. The number of hydrogen-bond donors (Lipinski definition) is 8. The summed E-state index contributed by atoms with van der Waals surface area (Å²) in [5.74, 6) is -0.703. The molecule has 1 heterocycles. The largest absolute Gasteiger partial charge is 0.394 e. The average molecular weight is 942 g/mol. The minimum Gasteiger partial charge on any atom is -0.394 e. The summed E-state index contributed by atoms with van der Waals surface area (Å²) < 4.78 is 11.1. The van der Waals surface area contributed by atoms with Crippen LogP contribution in [-0.2, 0) is 14.3 Å². The Kier molecular flexibility index (Phi) is 42.9. The number of unbranched alkanes of at least 4 members (excludes halogenated alkanes) is 34. The second kappa shape index (κ2) is 45.0. The number of rotatable bonds is 48. The minimum atomic E-state index is -1.66. The van der Waals surface area contributed by atoms with Crippen LogP contribution >= 0.6 is 0 Å². The van der Waals surface area contributed by atoms with Crippen molar-refractivity contribution in [1.82, 2.24) is 5.32 Å². The molecule has 1 aliphatic heterocycles. The number of carbonyl (C=O) groups excluding carboxylic acids is 1. The van der Waals surface area contributed by atoms with Crippen LogP contribution in [0, 0.1) is 0 Å². The van der Waals surface area contributed by atoms with E-state index in [2.05, 4.69) is 31.3 Å². The fraction of sp³-hybridized carbons (Fsp3) is 0.945. The molecule has 0 aromatic heterocycles. The highest BCUT2D eigenvalue weighted by Gasteiger charge is 2.44. The van der Waals surface area contributed by atoms with Crippen LogP contribution in [0.15, 0.2) is 12.2 Å². The van der Waals surface area contributed by atoms with Crippen molar-refractivity contribution in [3.8, 4) is 0 Å². The topological polar surface area (TPSA) is 189 Å². The molecule has 1 rings (SSSR count). The molecule has 8 N–H and O–H groups in total. The number of ether oxygens (including phenoxy) is 2. The number of amides is 1. The molecule has 1 amide bonds. The maximum absolute atomic E-state index is 13.1. The lowest BCUT2D eigenvalue weighted by Crippen LogP contribution is -2.60. The molecule has 392 valence electrons. The van der Waals surface area contributed by atoms with Crippen molar-refractivity contribution in [2.75, 3.05) is 13.2 Å². The summed E-state index contributed by atoms with van der Waals surface area (Å²) in [6, 6.07) is -1.18. The van der Waals surface area contributed by atoms with E-state index < -0.39 is 74.2 Å². The molecule has 11 nitrogen and oxygen atoms in total. The van der Waals surface area contributed by atoms with Gasteiger partial charge < -0.3 is 50.5 Å². The van der Waals surface area contributed by atoms with E-state index in [0.29, 0.717) is 12.8 Å². The Bertz CT molecular complexity index is 1080. The zero-order valence-electron chi connectivity index (χ0n) is 42.7. The van der Waals surface area contributed by atoms with E-state index in [4.69, 9.17) is 9.47 Å². The van der Waals surface area contributed by atoms with Gasteiger partial charge in [-0.25, -0.2) is 0 Å². The SMILES string of the molecule is CCCCCCCCCCCCCCCCCCCCCCC/C=C/CCCC(O)C(O)C(COC1OC(CO)C(O)C(O)C1O)NC(=O)C(O)CCCCCCCCCCCCCCC. The first-order chi connectivity index (χ1) is 32.2. The van der Waals surface area contributed by atoms with E-state index in [1.165, 1.54) is 186 Å². The standard InChI is InChI=1S/C55H107NO10/c1-3-5-7-9-11-13-15-17-18-19-20-21-22-23-24-25-26-27-28-29-31-32-34-36-38-40-42-47(58)50(60)46(45-65-55-53(63)52(62)51(61)49(44-57)66-55)56-54(64)48(59)43-41-39-37-35-33-30-16-14-12-10-8-6-4-2/h34,36,46-53,55,57-63H,3-33,35,37-45H2,1-2H3,(H,56,64)/b36-34+. The zero-order chi connectivity index (χ0) is 48.3. The lowest BCUT2D eigenvalue weighted by Gasteiger charge is -2.40. The van der Waals surface area contributed by atoms with Gasteiger partial charge in [-0.05, 0) is 38.5 Å². The van der Waals surface area contributed by atoms with Crippen molar-refractivity contribution in [2.24, 2.45) is 0 Å². The molecule has 1 aliphatic rings. The van der Waals surface area contributed by atoms with Gasteiger partial charge in [-0.2, -0.15) is 0 Å². The van der Waals surface area contributed by atoms with Crippen molar-refractivity contribution in [3.63, 3.8) is 0 Å². The maximum atomic E-state index is 13.1. The number of nitrogens with one attached hydrogen (secondary N) is 1. The Labute approximate surface area is 404 Å². The molecule has 0 radical (unpaired) electrons. The van der Waals surface area contributed by atoms with Crippen molar-refractivity contribution < 1.29 is 50.0 Å². The molecule has 0 saturated carbocycles. The molecule has 66 heavy (non-hydrogen) atoms. The van der Waals surface area contributed by atoms with Crippen LogP contribution in [0.25, 0.3) is 0 Å². The van der Waals surface area contributed by atoms with Crippen LogP contribution in [0.5, 0.6) is 0 Å². The predicted octanol–water partition coefficient (Wildman–Crippen LogP) is 11.2. The molecule has 1 saturated heterocycles. The molecule has 11 heteroatoms. The first kappa shape index (κ1) is 62.9. The monoisotopic (exact) mass is 942 g/mol. The summed E-state index contributed by atoms with van der Waals surface area (Å²) in [4.78, 5) is 13.1. The van der Waals surface area contributed by atoms with E-state index in [1.54, 1.807) is 0 Å². The summed E-state index contributed by atoms with van der Waals surface area (Å²) >= 11 is 0. The summed E-state index contributed by atoms with van der Waals surface area (Å²) in [6.45, 7) is 3.46. The Morgan fingerprint density at radius 2 is 0.894 bits per heavy atom. The molecule has 9 atom stereocenters. The number of aliphatic hydroxyl groups is 7. The van der Waals surface area contributed by atoms with E-state index in [9.17, 15) is 40.5 Å². The summed E-state index contributed by atoms with van der Waals surface area (Å²) in [5, 5.41) is 75.9. The van der Waals surface area contributed by atoms with Gasteiger partial charge in [0.05, 0.1) is 25.4 Å². The van der Waals surface area contributed by atoms with Gasteiger partial charge >= 0.3 is 0 Å². The molecular formula is C55H107NO10. The van der Waals surface area contributed by atoms with Gasteiger partial charge in [0.25, 0.3) is 0 Å². The zero-order valence-corrected chi connectivity index (χ0v) is 42.7. The normalized spacial score (nSPS) is 20.8. The van der Waals surface area contributed by atoms with Crippen LogP contribution < -0.4 is 5.32 Å². The Balaban J connectivity index is 2.30. The van der Waals surface area contributed by atoms with Gasteiger partial charge in [0, 0.05) is 0 Å². The van der Waals surface area contributed by atoms with Crippen LogP contribution in [0.4, 0.5) is 0 Å². The third-order valence-corrected chi connectivity index (χ3v) is 13.8. The summed E-state index contributed by atoms with van der Waals surface area (Å²) in [7, 11) is 0. The van der Waals surface area contributed by atoms with E-state index in [-0.39, 0.29) is 12.8 Å². The molecule has 0 aliphatic carbocycles. The van der Waals surface area contributed by atoms with E-state index >= 15 is 0 Å². The first-order valence-electron chi connectivity index (χ1n) is 28.1. The maximum Gasteiger partial charge on any atom is 0.249 e. The lowest BCUT2D eigenvalue weighted by atomic mass is 9.98. The second-order valence-corrected chi connectivity index (χ2v) is 20.0. The molecule has 1 fully saturated rings. The Hall–Kier alpha value is -1.15. The molecular weight excluding hydrogens is 835 g/mol. The van der Waals surface area contributed by atoms with Gasteiger partial charge in [0.15, 0.2) is 6.29 Å². The van der Waals surface area contributed by atoms with Crippen molar-refractivity contribution in [2.45, 2.75) is 319 Å². The molecule has 9 unspecified atom stereocenters. The van der Waals surface area contributed by atoms with E-state index in [1.807, 2.05) is 0 Å². The van der Waals surface area contributed by atoms with Gasteiger partial charge in [-0.15, -0.1) is 0 Å². The number of carbonyl (C=O) groups is 1. The number of hydrogen-bond acceptors (Lipinski definition) is 10. The first-order valence-corrected chi connectivity index (χ1v) is 28.1. The van der Waals surface area contributed by atoms with Crippen molar-refractivity contribution in [3.05, 3.63) is 12.2 Å². The van der Waals surface area contributed by atoms with Crippen molar-refractivity contribution in [1.29, 1.82) is 0 Å². The lowest BCUT2D eigenvalue weighted by molar-refractivity contribution is -0.303. The van der Waals surface area contributed by atoms with Crippen LogP contribution in [0.1, 0.15) is 264 Å². The highest BCUT2D eigenvalue weighted by atomic mass is 16.7. The molecule has 0 spiro atoms. The summed E-state index contributed by atoms with van der Waals surface area (Å²) in [6.07, 6.45) is 39.9. The van der Waals surface area contributed by atoms with Gasteiger partial charge in [-0.1, -0.05) is 238 Å². The molecule has 0 bridgehead atoms. The number of allylic oxidation sites excluding steroid dienone is 2. The highest BCUT2D eigenvalue weighted by Crippen LogP contribution is 2.23. The Morgan fingerprint density at radius 3 is 1.30 bits per heavy atom. The van der Waals surface area contributed by atoms with Crippen molar-refractivity contribution >= 4 is 5.91 Å². The minimum absolute atomic E-state index is 0.258. The van der Waals surface area contributed by atoms with Crippen LogP contribution in [0.2, 0.25) is 0 Å². The Morgan fingerprint density at radius 1 is 0.515 bits per heavy atom. The summed E-state index contributed by atoms with van der Waals surface area (Å²) in [5.41, 5.74) is 0. The fourth-order valence-corrected chi connectivity index (χ4v) is 9.21. The highest BCUT2D eigenvalue weighted by molar-refractivity contribution is 5.80. The van der Waals surface area contributed by atoms with Gasteiger partial charge in [0.2, 0.25) is 5.91 Å². The van der Waals surface area contributed by atoms with Gasteiger partial charge in [0.1, 0.15) is 36.6 Å². The second-order valence-electron chi connectivity index (χ2n) is 20.0. The smallest absolute Gasteiger partial charge is 0.249 e. The third-order valence-electron chi connectivity index (χ3n) is 13.8. The van der Waals surface area contributed by atoms with Crippen LogP contribution in [0.3, 0.4) is 0 Å². The molecule has 0 aromatic carbocycles. The average Bonchev–Trinajstić information content (AvgIpc) is 3.32. The predicted molar refractivity (Wildman–Crippen MR) is 270 cm³/mol. The van der Waals surface area contributed by atoms with Gasteiger partial charge in [-0.3, -0.25) is 4.79 Å². The third kappa shape index (κ3) is 33.4. The fourth-order valence-electron chi connectivity index (χ4n) is 9.21. The van der Waals surface area contributed by atoms with Crippen LogP contribution in [-0.4, -0.2) is 110 Å². The quantitative estimate of drug-likeness (QED) is 0.0215. The van der Waals surface area contributed by atoms with E-state index in [0.717, 1.165) is 38.5 Å².